The molecule has 0 amide bonds. The van der Waals surface area contributed by atoms with Crippen molar-refractivity contribution in [2.75, 3.05) is 4.90 Å². The second kappa shape index (κ2) is 15.6. The number of nitrogens with zero attached hydrogens (tertiary/aromatic N) is 2. The number of thiophene rings is 1. The lowest BCUT2D eigenvalue weighted by Gasteiger charge is -2.57. The van der Waals surface area contributed by atoms with Crippen molar-refractivity contribution in [2.45, 2.75) is 165 Å². The Balaban J connectivity index is 0.977. The predicted octanol–water partition coefficient (Wildman–Crippen LogP) is 19.6. The number of fused-ring (bicyclic) bond motifs is 14. The summed E-state index contributed by atoms with van der Waals surface area (Å²) in [5.74, 6) is 5.26. The van der Waals surface area contributed by atoms with Crippen molar-refractivity contribution in [3.05, 3.63) is 149 Å². The van der Waals surface area contributed by atoms with Gasteiger partial charge in [0.15, 0.2) is 0 Å². The van der Waals surface area contributed by atoms with E-state index in [1.807, 2.05) is 0 Å². The van der Waals surface area contributed by atoms with E-state index < -0.39 is 0 Å². The molecule has 11 aliphatic rings. The zero-order chi connectivity index (χ0) is 54.0. The summed E-state index contributed by atoms with van der Waals surface area (Å²) >= 11 is 2.09. The molecule has 5 heteroatoms. The molecule has 21 rings (SSSR count). The van der Waals surface area contributed by atoms with Crippen molar-refractivity contribution in [1.29, 1.82) is 0 Å². The molecule has 10 aromatic rings. The zero-order valence-corrected chi connectivity index (χ0v) is 49.5. The fourth-order valence-electron chi connectivity index (χ4n) is 21.2. The Hall–Kier alpha value is -6.04. The molecule has 9 aliphatic carbocycles. The molecule has 8 fully saturated rings. The Morgan fingerprint density at radius 1 is 0.543 bits per heavy atom. The summed E-state index contributed by atoms with van der Waals surface area (Å²) in [4.78, 5) is 2.80. The average molecular weight is 1080 g/mol. The van der Waals surface area contributed by atoms with Crippen LogP contribution in [0.5, 0.6) is 0 Å². The van der Waals surface area contributed by atoms with Crippen LogP contribution in [0.2, 0.25) is 0 Å². The minimum Gasteiger partial charge on any atom is -0.455 e. The van der Waals surface area contributed by atoms with Crippen LogP contribution in [0.25, 0.3) is 76.1 Å². The molecule has 0 radical (unpaired) electrons. The van der Waals surface area contributed by atoms with E-state index in [1.165, 1.54) is 199 Å². The summed E-state index contributed by atoms with van der Waals surface area (Å²) in [5.41, 5.74) is 23.8. The van der Waals surface area contributed by atoms with E-state index in [0.29, 0.717) is 5.41 Å². The first-order valence-corrected chi connectivity index (χ1v) is 32.6. The Bertz CT molecular complexity index is 4370. The van der Waals surface area contributed by atoms with Crippen molar-refractivity contribution in [3.8, 4) is 22.3 Å². The summed E-state index contributed by atoms with van der Waals surface area (Å²) in [5, 5.41) is 6.81. The van der Waals surface area contributed by atoms with Crippen LogP contribution in [-0.2, 0) is 27.1 Å². The van der Waals surface area contributed by atoms with Crippen molar-refractivity contribution < 1.29 is 4.42 Å². The van der Waals surface area contributed by atoms with Crippen LogP contribution < -0.4 is 15.1 Å². The van der Waals surface area contributed by atoms with Gasteiger partial charge in [-0.3, -0.25) is 0 Å². The summed E-state index contributed by atoms with van der Waals surface area (Å²) in [6.45, 7) is 17.1. The minimum absolute atomic E-state index is 0.0327. The normalized spacial score (nSPS) is 28.7. The third-order valence-electron chi connectivity index (χ3n) is 24.2. The number of rotatable bonds is 4. The highest BCUT2D eigenvalue weighted by Gasteiger charge is 2.55. The molecule has 3 aromatic heterocycles. The standard InChI is InChI=1S/C76H75BN2OS/c1-72(2,3)49-17-19-61(53(29-49)48-13-9-8-10-14-48)78-63-34-56-52-15-11-12-16-64(52)80-70(56)66-58-32-51(76-39-45-26-46(40-76)28-47(27-45)41-76)31-55-54-30-50(75-36-42-23-43(37-75)25-44(24-42)38-75)18-20-62(54)79(68(55)58)77(67(63)66)71-69(78)57-33-59-60(35-65(57)81-71)74(6,7)22-21-73(59,4)5/h8-20,29-35,42-47H,21-28,36-41H2,1-7H3. The number of aromatic nitrogens is 1. The van der Waals surface area contributed by atoms with Gasteiger partial charge in [-0.05, 0) is 252 Å². The number of anilines is 3. The number of hydrogen-bond acceptors (Lipinski definition) is 3. The molecule has 0 atom stereocenters. The predicted molar refractivity (Wildman–Crippen MR) is 342 cm³/mol. The van der Waals surface area contributed by atoms with Gasteiger partial charge in [-0.2, -0.15) is 0 Å². The molecule has 0 unspecified atom stereocenters. The molecule has 0 N–H and O–H groups in total. The topological polar surface area (TPSA) is 21.3 Å². The van der Waals surface area contributed by atoms with Crippen LogP contribution in [0, 0.1) is 35.5 Å². The van der Waals surface area contributed by atoms with Crippen molar-refractivity contribution in [2.24, 2.45) is 35.5 Å². The molecule has 0 spiro atoms. The molecule has 8 saturated carbocycles. The quantitative estimate of drug-likeness (QED) is 0.164. The first-order valence-electron chi connectivity index (χ1n) is 31.8. The third-order valence-corrected chi connectivity index (χ3v) is 25.4. The highest BCUT2D eigenvalue weighted by molar-refractivity contribution is 7.32. The SMILES string of the molecule is CC(C)(C)c1ccc(N2c3cc4c(oc5ccccc54)c4c3B(c3sc5cc6c(cc5c32)C(C)(C)CCC6(C)C)n2c3ccc(C56CC7CC(CC(C7)C5)C6)cc3c3cc(C56CC7CC(CC(C7)C5)C6)cc-4c32)c(-c2ccccc2)c1. The van der Waals surface area contributed by atoms with Gasteiger partial charge in [0, 0.05) is 69.8 Å². The Morgan fingerprint density at radius 2 is 1.16 bits per heavy atom. The second-order valence-electron chi connectivity index (χ2n) is 31.1. The van der Waals surface area contributed by atoms with Crippen LogP contribution in [0.1, 0.15) is 166 Å². The van der Waals surface area contributed by atoms with E-state index in [9.17, 15) is 0 Å². The van der Waals surface area contributed by atoms with Crippen LogP contribution in [-0.4, -0.2) is 11.3 Å². The van der Waals surface area contributed by atoms with Crippen molar-refractivity contribution >= 4 is 99.3 Å². The summed E-state index contributed by atoms with van der Waals surface area (Å²) in [6, 6.07) is 49.5. The highest BCUT2D eigenvalue weighted by atomic mass is 32.1. The molecular weight excluding hydrogens is 1000 g/mol. The van der Waals surface area contributed by atoms with E-state index in [4.69, 9.17) is 4.42 Å². The zero-order valence-electron chi connectivity index (χ0n) is 48.7. The van der Waals surface area contributed by atoms with Gasteiger partial charge in [-0.1, -0.05) is 109 Å². The van der Waals surface area contributed by atoms with E-state index in [1.54, 1.807) is 11.1 Å². The third kappa shape index (κ3) is 6.33. The van der Waals surface area contributed by atoms with Gasteiger partial charge in [-0.25, -0.2) is 0 Å². The number of furan rings is 1. The summed E-state index contributed by atoms with van der Waals surface area (Å²) in [6.07, 6.45) is 19.3. The van der Waals surface area contributed by atoms with E-state index >= 15 is 0 Å². The number of hydrogen-bond donors (Lipinski definition) is 0. The fraction of sp³-hybridized carbons (Fsp3) is 0.421. The second-order valence-corrected chi connectivity index (χ2v) is 32.2. The fourth-order valence-corrected chi connectivity index (χ4v) is 22.5. The van der Waals surface area contributed by atoms with Crippen molar-refractivity contribution in [3.63, 3.8) is 0 Å². The van der Waals surface area contributed by atoms with Crippen LogP contribution in [0.15, 0.2) is 126 Å². The lowest BCUT2D eigenvalue weighted by Crippen LogP contribution is -2.55. The first kappa shape index (κ1) is 47.5. The number of benzene rings is 7. The molecule has 404 valence electrons. The van der Waals surface area contributed by atoms with E-state index in [0.717, 1.165) is 46.7 Å². The highest BCUT2D eigenvalue weighted by Crippen LogP contribution is 2.64. The monoisotopic (exact) mass is 1070 g/mol. The maximum Gasteiger partial charge on any atom is 0.343 e. The van der Waals surface area contributed by atoms with Gasteiger partial charge in [0.1, 0.15) is 11.2 Å². The molecular formula is C76H75BN2OS. The summed E-state index contributed by atoms with van der Waals surface area (Å²) < 4.78 is 13.3. The van der Waals surface area contributed by atoms with Gasteiger partial charge in [-0.15, -0.1) is 11.3 Å². The molecule has 2 aliphatic heterocycles. The summed E-state index contributed by atoms with van der Waals surface area (Å²) in [7, 11) is 0. The average Bonchev–Trinajstić information content (AvgIpc) is 1.84. The molecule has 8 bridgehead atoms. The molecule has 3 nitrogen and oxygen atoms in total. The minimum atomic E-state index is -0.0633. The lowest BCUT2D eigenvalue weighted by molar-refractivity contribution is -0.00527. The Morgan fingerprint density at radius 3 is 1.83 bits per heavy atom. The van der Waals surface area contributed by atoms with Gasteiger partial charge in [0.25, 0.3) is 0 Å². The maximum absolute atomic E-state index is 7.51. The van der Waals surface area contributed by atoms with Crippen LogP contribution in [0.3, 0.4) is 0 Å². The molecule has 81 heavy (non-hydrogen) atoms. The van der Waals surface area contributed by atoms with Gasteiger partial charge in [0.05, 0.1) is 11.4 Å². The Labute approximate surface area is 482 Å². The van der Waals surface area contributed by atoms with Gasteiger partial charge < -0.3 is 13.8 Å². The van der Waals surface area contributed by atoms with Gasteiger partial charge in [0.2, 0.25) is 0 Å². The van der Waals surface area contributed by atoms with Crippen molar-refractivity contribution in [1.82, 2.24) is 4.48 Å². The smallest absolute Gasteiger partial charge is 0.343 e. The molecule has 7 aromatic carbocycles. The Kier molecular flexibility index (Phi) is 9.13. The first-order chi connectivity index (χ1) is 39.1. The van der Waals surface area contributed by atoms with Crippen LogP contribution in [0.4, 0.5) is 17.1 Å². The van der Waals surface area contributed by atoms with Gasteiger partial charge >= 0.3 is 6.85 Å². The largest absolute Gasteiger partial charge is 0.455 e. The lowest BCUT2D eigenvalue weighted by atomic mass is 9.47. The molecule has 5 heterocycles. The van der Waals surface area contributed by atoms with E-state index in [2.05, 4.69) is 191 Å². The van der Waals surface area contributed by atoms with Crippen LogP contribution >= 0.6 is 11.3 Å². The number of para-hydroxylation sites is 1. The van der Waals surface area contributed by atoms with E-state index in [-0.39, 0.29) is 28.5 Å². The maximum atomic E-state index is 7.51. The molecule has 0 saturated heterocycles.